The van der Waals surface area contributed by atoms with E-state index in [2.05, 4.69) is 40.9 Å². The van der Waals surface area contributed by atoms with Crippen molar-refractivity contribution in [1.29, 1.82) is 0 Å². The number of hydrogen-bond acceptors (Lipinski definition) is 2. The molecule has 1 aromatic heterocycles. The lowest BCUT2D eigenvalue weighted by molar-refractivity contribution is 0.659. The lowest BCUT2D eigenvalue weighted by atomic mass is 10.2. The van der Waals surface area contributed by atoms with Gasteiger partial charge in [0.2, 0.25) is 0 Å². The van der Waals surface area contributed by atoms with Gasteiger partial charge >= 0.3 is 0 Å². The fourth-order valence-electron chi connectivity index (χ4n) is 2.04. The van der Waals surface area contributed by atoms with Gasteiger partial charge in [-0.3, -0.25) is 4.68 Å². The van der Waals surface area contributed by atoms with Gasteiger partial charge in [-0.05, 0) is 56.8 Å². The van der Waals surface area contributed by atoms with E-state index in [0.717, 1.165) is 24.5 Å². The number of hydrogen-bond donors (Lipinski definition) is 2. The Kier molecular flexibility index (Phi) is 4.74. The number of aryl methyl sites for hydroxylation is 2. The highest BCUT2D eigenvalue weighted by Crippen LogP contribution is 2.12. The van der Waals surface area contributed by atoms with Crippen molar-refractivity contribution in [3.05, 3.63) is 47.3 Å². The predicted molar refractivity (Wildman–Crippen MR) is 87.1 cm³/mol. The highest BCUT2D eigenvalue weighted by Gasteiger charge is 2.02. The minimum atomic E-state index is 0.652. The van der Waals surface area contributed by atoms with Crippen LogP contribution in [0.2, 0.25) is 0 Å². The minimum absolute atomic E-state index is 0.652. The largest absolute Gasteiger partial charge is 0.363 e. The van der Waals surface area contributed by atoms with Crippen molar-refractivity contribution >= 4 is 23.0 Å². The molecule has 2 aromatic rings. The Morgan fingerprint density at radius 2 is 1.95 bits per heavy atom. The number of aromatic nitrogens is 2. The van der Waals surface area contributed by atoms with Crippen LogP contribution in [0.15, 0.2) is 30.3 Å². The smallest absolute Gasteiger partial charge is 0.170 e. The topological polar surface area (TPSA) is 41.9 Å². The fraction of sp³-hybridized carbons (Fsp3) is 0.333. The van der Waals surface area contributed by atoms with Gasteiger partial charge in [-0.2, -0.15) is 5.10 Å². The molecule has 0 spiro atoms. The van der Waals surface area contributed by atoms with Crippen molar-refractivity contribution in [3.63, 3.8) is 0 Å². The molecule has 20 heavy (non-hydrogen) atoms. The van der Waals surface area contributed by atoms with E-state index in [1.54, 1.807) is 0 Å². The molecule has 5 heteroatoms. The maximum atomic E-state index is 5.16. The number of thiocarbonyl (C=S) groups is 1. The average Bonchev–Trinajstić information content (AvgIpc) is 2.70. The molecule has 0 unspecified atom stereocenters. The highest BCUT2D eigenvalue weighted by atomic mass is 32.1. The van der Waals surface area contributed by atoms with Crippen LogP contribution < -0.4 is 10.6 Å². The first-order chi connectivity index (χ1) is 9.58. The van der Waals surface area contributed by atoms with Gasteiger partial charge in [0.25, 0.3) is 0 Å². The molecule has 0 aliphatic carbocycles. The van der Waals surface area contributed by atoms with E-state index in [9.17, 15) is 0 Å². The molecule has 2 N–H and O–H groups in total. The van der Waals surface area contributed by atoms with Crippen LogP contribution in [0.25, 0.3) is 0 Å². The van der Waals surface area contributed by atoms with Crippen LogP contribution in [-0.4, -0.2) is 21.4 Å². The highest BCUT2D eigenvalue weighted by molar-refractivity contribution is 7.80. The van der Waals surface area contributed by atoms with E-state index in [0.29, 0.717) is 5.11 Å². The second kappa shape index (κ2) is 6.52. The van der Waals surface area contributed by atoms with Crippen molar-refractivity contribution in [2.24, 2.45) is 0 Å². The number of nitrogens with one attached hydrogen (secondary N) is 2. The van der Waals surface area contributed by atoms with Crippen LogP contribution in [0.5, 0.6) is 0 Å². The molecule has 0 aliphatic heterocycles. The summed E-state index contributed by atoms with van der Waals surface area (Å²) in [6.45, 7) is 7.72. The Bertz CT molecular complexity index is 586. The summed E-state index contributed by atoms with van der Waals surface area (Å²) in [4.78, 5) is 0. The average molecular weight is 288 g/mol. The molecule has 2 rings (SSSR count). The lowest BCUT2D eigenvalue weighted by Crippen LogP contribution is -2.27. The van der Waals surface area contributed by atoms with Gasteiger partial charge in [-0.1, -0.05) is 12.1 Å². The van der Waals surface area contributed by atoms with E-state index in [1.165, 1.54) is 11.3 Å². The van der Waals surface area contributed by atoms with Crippen LogP contribution in [0.3, 0.4) is 0 Å². The molecule has 0 amide bonds. The zero-order valence-corrected chi connectivity index (χ0v) is 12.9. The molecule has 1 heterocycles. The van der Waals surface area contributed by atoms with E-state index in [4.69, 9.17) is 12.2 Å². The van der Waals surface area contributed by atoms with Gasteiger partial charge in [-0.15, -0.1) is 0 Å². The van der Waals surface area contributed by atoms with Crippen LogP contribution in [0.4, 0.5) is 5.69 Å². The summed E-state index contributed by atoms with van der Waals surface area (Å²) in [7, 11) is 0. The first-order valence-corrected chi connectivity index (χ1v) is 7.14. The summed E-state index contributed by atoms with van der Waals surface area (Å²) in [6.07, 6.45) is 0. The Balaban J connectivity index is 2.01. The third-order valence-electron chi connectivity index (χ3n) is 2.98. The zero-order valence-electron chi connectivity index (χ0n) is 12.1. The summed E-state index contributed by atoms with van der Waals surface area (Å²) in [5.41, 5.74) is 4.44. The van der Waals surface area contributed by atoms with Crippen molar-refractivity contribution < 1.29 is 0 Å². The summed E-state index contributed by atoms with van der Waals surface area (Å²) in [5, 5.41) is 11.3. The third-order valence-corrected chi connectivity index (χ3v) is 3.23. The standard InChI is InChI=1S/C15H20N4S/c1-4-16-15(20)17-14-7-5-13(6-8-14)10-19-12(3)9-11(2)18-19/h5-9H,4,10H2,1-3H3,(H2,16,17,20). The summed E-state index contributed by atoms with van der Waals surface area (Å²) in [6, 6.07) is 10.3. The Morgan fingerprint density at radius 3 is 2.50 bits per heavy atom. The molecule has 0 atom stereocenters. The van der Waals surface area contributed by atoms with Crippen LogP contribution in [-0.2, 0) is 6.54 Å². The van der Waals surface area contributed by atoms with E-state index >= 15 is 0 Å². The van der Waals surface area contributed by atoms with E-state index in [-0.39, 0.29) is 0 Å². The summed E-state index contributed by atoms with van der Waals surface area (Å²) in [5.74, 6) is 0. The first kappa shape index (κ1) is 14.5. The molecular formula is C15H20N4S. The molecule has 0 bridgehead atoms. The second-order valence-corrected chi connectivity index (χ2v) is 5.17. The number of nitrogens with zero attached hydrogens (tertiary/aromatic N) is 2. The Labute approximate surface area is 125 Å². The van der Waals surface area contributed by atoms with Crippen molar-refractivity contribution in [2.45, 2.75) is 27.3 Å². The molecule has 0 aliphatic rings. The van der Waals surface area contributed by atoms with E-state index in [1.807, 2.05) is 30.7 Å². The molecule has 0 fully saturated rings. The van der Waals surface area contributed by atoms with Gasteiger partial charge in [0.1, 0.15) is 0 Å². The van der Waals surface area contributed by atoms with Crippen LogP contribution in [0, 0.1) is 13.8 Å². The van der Waals surface area contributed by atoms with Crippen molar-refractivity contribution in [2.75, 3.05) is 11.9 Å². The van der Waals surface area contributed by atoms with Gasteiger partial charge in [0.15, 0.2) is 5.11 Å². The van der Waals surface area contributed by atoms with Gasteiger partial charge in [-0.25, -0.2) is 0 Å². The third kappa shape index (κ3) is 3.81. The molecule has 106 valence electrons. The van der Waals surface area contributed by atoms with Gasteiger partial charge in [0, 0.05) is 17.9 Å². The van der Waals surface area contributed by atoms with Gasteiger partial charge < -0.3 is 10.6 Å². The molecule has 1 aromatic carbocycles. The lowest BCUT2D eigenvalue weighted by Gasteiger charge is -2.10. The number of rotatable bonds is 4. The fourth-order valence-corrected chi connectivity index (χ4v) is 2.30. The second-order valence-electron chi connectivity index (χ2n) is 4.77. The maximum Gasteiger partial charge on any atom is 0.170 e. The molecule has 4 nitrogen and oxygen atoms in total. The monoisotopic (exact) mass is 288 g/mol. The Hall–Kier alpha value is -1.88. The number of benzene rings is 1. The zero-order chi connectivity index (χ0) is 14.5. The normalized spacial score (nSPS) is 10.3. The van der Waals surface area contributed by atoms with Crippen LogP contribution >= 0.6 is 12.2 Å². The van der Waals surface area contributed by atoms with Gasteiger partial charge in [0.05, 0.1) is 12.2 Å². The first-order valence-electron chi connectivity index (χ1n) is 6.73. The minimum Gasteiger partial charge on any atom is -0.363 e. The summed E-state index contributed by atoms with van der Waals surface area (Å²) < 4.78 is 2.01. The predicted octanol–water partition coefficient (Wildman–Crippen LogP) is 2.85. The van der Waals surface area contributed by atoms with E-state index < -0.39 is 0 Å². The Morgan fingerprint density at radius 1 is 1.25 bits per heavy atom. The molecule has 0 radical (unpaired) electrons. The molecule has 0 saturated heterocycles. The van der Waals surface area contributed by atoms with Crippen molar-refractivity contribution in [1.82, 2.24) is 15.1 Å². The maximum absolute atomic E-state index is 5.16. The summed E-state index contributed by atoms with van der Waals surface area (Å²) >= 11 is 5.16. The quantitative estimate of drug-likeness (QED) is 0.849. The van der Waals surface area contributed by atoms with Crippen molar-refractivity contribution in [3.8, 4) is 0 Å². The SMILES string of the molecule is CCNC(=S)Nc1ccc(Cn2nc(C)cc2C)cc1. The molecular weight excluding hydrogens is 268 g/mol. The van der Waals surface area contributed by atoms with Crippen LogP contribution in [0.1, 0.15) is 23.9 Å². The molecule has 0 saturated carbocycles. The number of anilines is 1.